The molecule has 2 saturated heterocycles. The summed E-state index contributed by atoms with van der Waals surface area (Å²) in [6, 6.07) is 9.66. The van der Waals surface area contributed by atoms with Crippen LogP contribution >= 0.6 is 11.6 Å². The van der Waals surface area contributed by atoms with Crippen LogP contribution in [0.2, 0.25) is 5.02 Å². The smallest absolute Gasteiger partial charge is 0.0598 e. The van der Waals surface area contributed by atoms with E-state index in [4.69, 9.17) is 16.3 Å². The van der Waals surface area contributed by atoms with Gasteiger partial charge >= 0.3 is 0 Å². The zero-order valence-corrected chi connectivity index (χ0v) is 14.2. The molecular formula is C18H27ClN2O. The van der Waals surface area contributed by atoms with Gasteiger partial charge in [0, 0.05) is 30.8 Å². The number of halogens is 1. The molecule has 2 fully saturated rings. The van der Waals surface area contributed by atoms with E-state index in [1.807, 2.05) is 19.2 Å². The maximum Gasteiger partial charge on any atom is 0.0598 e. The fraction of sp³-hybridized carbons (Fsp3) is 0.667. The molecule has 2 atom stereocenters. The summed E-state index contributed by atoms with van der Waals surface area (Å²) in [5.74, 6) is 0. The highest BCUT2D eigenvalue weighted by Gasteiger charge is 2.33. The first-order valence-corrected chi connectivity index (χ1v) is 8.88. The second-order valence-electron chi connectivity index (χ2n) is 6.59. The molecule has 4 heteroatoms. The Labute approximate surface area is 139 Å². The molecule has 122 valence electrons. The minimum Gasteiger partial charge on any atom is -0.381 e. The summed E-state index contributed by atoms with van der Waals surface area (Å²) in [5, 5.41) is 4.30. The minimum atomic E-state index is 0.412. The maximum absolute atomic E-state index is 6.01. The normalized spacial score (nSPS) is 27.9. The first-order valence-electron chi connectivity index (χ1n) is 8.50. The van der Waals surface area contributed by atoms with Gasteiger partial charge in [0.2, 0.25) is 0 Å². The third kappa shape index (κ3) is 4.02. The number of rotatable bonds is 4. The van der Waals surface area contributed by atoms with Gasteiger partial charge in [-0.3, -0.25) is 4.90 Å². The van der Waals surface area contributed by atoms with Crippen molar-refractivity contribution in [2.24, 2.45) is 0 Å². The number of ether oxygens (including phenoxy) is 1. The van der Waals surface area contributed by atoms with Crippen molar-refractivity contribution in [3.05, 3.63) is 34.9 Å². The van der Waals surface area contributed by atoms with E-state index < -0.39 is 0 Å². The van der Waals surface area contributed by atoms with Crippen molar-refractivity contribution in [1.82, 2.24) is 10.2 Å². The van der Waals surface area contributed by atoms with Gasteiger partial charge in [-0.1, -0.05) is 23.7 Å². The highest BCUT2D eigenvalue weighted by molar-refractivity contribution is 6.30. The summed E-state index contributed by atoms with van der Waals surface area (Å²) in [6.45, 7) is 3.48. The molecule has 0 spiro atoms. The van der Waals surface area contributed by atoms with Gasteiger partial charge in [0.1, 0.15) is 0 Å². The zero-order valence-electron chi connectivity index (χ0n) is 13.4. The zero-order chi connectivity index (χ0) is 15.4. The van der Waals surface area contributed by atoms with E-state index in [-0.39, 0.29) is 0 Å². The van der Waals surface area contributed by atoms with Crippen LogP contribution in [0.3, 0.4) is 0 Å². The second-order valence-corrected chi connectivity index (χ2v) is 7.02. The molecule has 0 amide bonds. The summed E-state index contributed by atoms with van der Waals surface area (Å²) in [5.41, 5.74) is 1.38. The quantitative estimate of drug-likeness (QED) is 0.922. The van der Waals surface area contributed by atoms with Gasteiger partial charge in [0.15, 0.2) is 0 Å². The number of methoxy groups -OCH3 is 1. The van der Waals surface area contributed by atoms with E-state index in [1.165, 1.54) is 24.9 Å². The van der Waals surface area contributed by atoms with Crippen LogP contribution in [0.5, 0.6) is 0 Å². The lowest BCUT2D eigenvalue weighted by Crippen LogP contribution is -2.53. The highest BCUT2D eigenvalue weighted by atomic mass is 35.5. The first-order chi connectivity index (χ1) is 10.8. The van der Waals surface area contributed by atoms with Crippen LogP contribution in [0.1, 0.15) is 31.2 Å². The Balaban J connectivity index is 1.70. The third-order valence-electron chi connectivity index (χ3n) is 5.21. The Hall–Kier alpha value is -0.610. The number of piperidine rings is 2. The molecule has 1 aromatic rings. The summed E-state index contributed by atoms with van der Waals surface area (Å²) in [7, 11) is 1.85. The molecule has 0 radical (unpaired) electrons. The van der Waals surface area contributed by atoms with Crippen molar-refractivity contribution in [3.8, 4) is 0 Å². The lowest BCUT2D eigenvalue weighted by atomic mass is 9.90. The van der Waals surface area contributed by atoms with E-state index in [0.29, 0.717) is 12.1 Å². The predicted octanol–water partition coefficient (Wildman–Crippen LogP) is 3.11. The highest BCUT2D eigenvalue weighted by Crippen LogP contribution is 2.28. The summed E-state index contributed by atoms with van der Waals surface area (Å²) >= 11 is 6.01. The fourth-order valence-corrected chi connectivity index (χ4v) is 4.08. The molecule has 2 aliphatic heterocycles. The second kappa shape index (κ2) is 7.78. The number of nitrogens with one attached hydrogen (secondary N) is 1. The third-order valence-corrected chi connectivity index (χ3v) is 5.46. The van der Waals surface area contributed by atoms with Crippen LogP contribution in [-0.4, -0.2) is 49.8 Å². The Morgan fingerprint density at radius 2 is 1.91 bits per heavy atom. The molecule has 0 aliphatic carbocycles. The minimum absolute atomic E-state index is 0.412. The summed E-state index contributed by atoms with van der Waals surface area (Å²) in [6.07, 6.45) is 6.36. The maximum atomic E-state index is 6.01. The van der Waals surface area contributed by atoms with Gasteiger partial charge in [-0.2, -0.15) is 0 Å². The molecule has 3 rings (SSSR count). The van der Waals surface area contributed by atoms with Gasteiger partial charge < -0.3 is 10.1 Å². The van der Waals surface area contributed by atoms with E-state index >= 15 is 0 Å². The molecule has 1 aromatic carbocycles. The molecule has 0 saturated carbocycles. The van der Waals surface area contributed by atoms with Crippen molar-refractivity contribution < 1.29 is 4.74 Å². The molecule has 1 unspecified atom stereocenters. The molecule has 2 aliphatic rings. The largest absolute Gasteiger partial charge is 0.381 e. The van der Waals surface area contributed by atoms with E-state index in [2.05, 4.69) is 22.3 Å². The SMILES string of the molecule is CO[C@@H]1CCN(C2CCNCC2)C(Cc2ccc(Cl)cc2)C1. The van der Waals surface area contributed by atoms with Crippen molar-refractivity contribution in [3.63, 3.8) is 0 Å². The van der Waals surface area contributed by atoms with Gasteiger partial charge in [-0.05, 0) is 62.9 Å². The Morgan fingerprint density at radius 1 is 1.18 bits per heavy atom. The van der Waals surface area contributed by atoms with Gasteiger partial charge in [0.25, 0.3) is 0 Å². The predicted molar refractivity (Wildman–Crippen MR) is 91.6 cm³/mol. The van der Waals surface area contributed by atoms with E-state index in [1.54, 1.807) is 0 Å². The van der Waals surface area contributed by atoms with Crippen molar-refractivity contribution in [1.29, 1.82) is 0 Å². The van der Waals surface area contributed by atoms with E-state index in [9.17, 15) is 0 Å². The molecule has 0 aromatic heterocycles. The monoisotopic (exact) mass is 322 g/mol. The average molecular weight is 323 g/mol. The Bertz CT molecular complexity index is 459. The standard InChI is InChI=1S/C18H27ClN2O/c1-22-18-8-11-21(16-6-9-20-10-7-16)17(13-18)12-14-2-4-15(19)5-3-14/h2-5,16-18,20H,6-13H2,1H3/t17?,18-/m1/s1. The summed E-state index contributed by atoms with van der Waals surface area (Å²) in [4.78, 5) is 2.75. The van der Waals surface area contributed by atoms with Crippen LogP contribution < -0.4 is 5.32 Å². The van der Waals surface area contributed by atoms with Crippen LogP contribution in [0.25, 0.3) is 0 Å². The molecule has 22 heavy (non-hydrogen) atoms. The van der Waals surface area contributed by atoms with Crippen molar-refractivity contribution >= 4 is 11.6 Å². The topological polar surface area (TPSA) is 24.5 Å². The first kappa shape index (κ1) is 16.3. The fourth-order valence-electron chi connectivity index (χ4n) is 3.96. The average Bonchev–Trinajstić information content (AvgIpc) is 2.57. The molecule has 3 nitrogen and oxygen atoms in total. The number of hydrogen-bond acceptors (Lipinski definition) is 3. The lowest BCUT2D eigenvalue weighted by molar-refractivity contribution is -0.0121. The Morgan fingerprint density at radius 3 is 2.59 bits per heavy atom. The number of hydrogen-bond donors (Lipinski definition) is 1. The van der Waals surface area contributed by atoms with Crippen molar-refractivity contribution in [2.75, 3.05) is 26.7 Å². The lowest BCUT2D eigenvalue weighted by Gasteiger charge is -2.45. The Kier molecular flexibility index (Phi) is 5.75. The molecule has 2 heterocycles. The summed E-state index contributed by atoms with van der Waals surface area (Å²) < 4.78 is 5.65. The van der Waals surface area contributed by atoms with Gasteiger partial charge in [-0.25, -0.2) is 0 Å². The number of benzene rings is 1. The van der Waals surface area contributed by atoms with Crippen LogP contribution in [0.4, 0.5) is 0 Å². The molecule has 1 N–H and O–H groups in total. The van der Waals surface area contributed by atoms with Crippen LogP contribution in [-0.2, 0) is 11.2 Å². The number of likely N-dealkylation sites (tertiary alicyclic amines) is 1. The molecule has 0 bridgehead atoms. The van der Waals surface area contributed by atoms with Crippen LogP contribution in [0, 0.1) is 0 Å². The number of nitrogens with zero attached hydrogens (tertiary/aromatic N) is 1. The van der Waals surface area contributed by atoms with Crippen LogP contribution in [0.15, 0.2) is 24.3 Å². The molecular weight excluding hydrogens is 296 g/mol. The van der Waals surface area contributed by atoms with E-state index in [0.717, 1.165) is 43.4 Å². The van der Waals surface area contributed by atoms with Gasteiger partial charge in [0.05, 0.1) is 6.10 Å². The van der Waals surface area contributed by atoms with Crippen molar-refractivity contribution in [2.45, 2.75) is 50.3 Å². The van der Waals surface area contributed by atoms with Gasteiger partial charge in [-0.15, -0.1) is 0 Å².